The van der Waals surface area contributed by atoms with Crippen LogP contribution in [0.1, 0.15) is 40.4 Å². The molecule has 1 fully saturated rings. The summed E-state index contributed by atoms with van der Waals surface area (Å²) in [6, 6.07) is 17.2. The van der Waals surface area contributed by atoms with Gasteiger partial charge in [-0.1, -0.05) is 35.5 Å². The fraction of sp³-hybridized carbons (Fsp3) is 0.231. The second kappa shape index (κ2) is 11.6. The van der Waals surface area contributed by atoms with Gasteiger partial charge in [-0.15, -0.1) is 0 Å². The van der Waals surface area contributed by atoms with E-state index >= 15 is 0 Å². The second-order valence-electron chi connectivity index (χ2n) is 8.31. The largest absolute Gasteiger partial charge is 0.383 e. The molecule has 11 heteroatoms. The molecule has 1 aliphatic heterocycles. The molecule has 0 unspecified atom stereocenters. The molecule has 8 nitrogen and oxygen atoms in total. The summed E-state index contributed by atoms with van der Waals surface area (Å²) in [5.74, 6) is -1.35. The summed E-state index contributed by atoms with van der Waals surface area (Å²) < 4.78 is 54.5. The number of benzene rings is 3. The Hall–Kier alpha value is -3.67. The van der Waals surface area contributed by atoms with E-state index in [-0.39, 0.29) is 23.5 Å². The number of nitrogens with zero attached hydrogens (tertiary/aromatic N) is 2. The Kier molecular flexibility index (Phi) is 8.27. The van der Waals surface area contributed by atoms with Gasteiger partial charge in [-0.3, -0.25) is 9.63 Å². The molecule has 4 rings (SSSR count). The van der Waals surface area contributed by atoms with Gasteiger partial charge in [0.25, 0.3) is 5.91 Å². The fourth-order valence-electron chi connectivity index (χ4n) is 3.89. The number of hydrogen-bond donors (Lipinski definition) is 1. The molecule has 1 saturated heterocycles. The Morgan fingerprint density at radius 3 is 2.05 bits per heavy atom. The van der Waals surface area contributed by atoms with Gasteiger partial charge in [0.2, 0.25) is 10.0 Å². The predicted molar refractivity (Wildman–Crippen MR) is 132 cm³/mol. The van der Waals surface area contributed by atoms with Gasteiger partial charge in [-0.2, -0.15) is 4.31 Å². The molecule has 0 atom stereocenters. The molecule has 1 heterocycles. The molecule has 1 aliphatic rings. The number of hydrogen-bond acceptors (Lipinski definition) is 6. The number of halogens is 2. The zero-order valence-electron chi connectivity index (χ0n) is 19.9. The van der Waals surface area contributed by atoms with Crippen molar-refractivity contribution in [1.29, 1.82) is 0 Å². The third-order valence-electron chi connectivity index (χ3n) is 5.86. The van der Waals surface area contributed by atoms with Gasteiger partial charge in [0, 0.05) is 31.5 Å². The maximum atomic E-state index is 13.4. The summed E-state index contributed by atoms with van der Waals surface area (Å²) in [5.41, 5.74) is 4.25. The topological polar surface area (TPSA) is 97.3 Å². The average molecular weight is 530 g/mol. The Labute approximate surface area is 213 Å². The van der Waals surface area contributed by atoms with Crippen LogP contribution < -0.4 is 5.48 Å². The van der Waals surface area contributed by atoms with Gasteiger partial charge in [0.05, 0.1) is 17.7 Å². The molecule has 0 aromatic heterocycles. The lowest BCUT2D eigenvalue weighted by molar-refractivity contribution is 0.0537. The van der Waals surface area contributed by atoms with E-state index in [9.17, 15) is 22.0 Å². The molecule has 0 bridgehead atoms. The van der Waals surface area contributed by atoms with Crippen LogP contribution >= 0.6 is 0 Å². The maximum absolute atomic E-state index is 13.4. The number of nitrogens with one attached hydrogen (secondary N) is 1. The van der Waals surface area contributed by atoms with Crippen LogP contribution in [0.3, 0.4) is 0 Å². The highest BCUT2D eigenvalue weighted by molar-refractivity contribution is 7.89. The summed E-state index contributed by atoms with van der Waals surface area (Å²) in [6.07, 6.45) is -0.0258. The smallest absolute Gasteiger partial charge is 0.274 e. The van der Waals surface area contributed by atoms with Crippen LogP contribution in [0.5, 0.6) is 0 Å². The number of sulfonamides is 1. The molecule has 3 aromatic carbocycles. The minimum Gasteiger partial charge on any atom is -0.383 e. The third-order valence-corrected chi connectivity index (χ3v) is 7.76. The van der Waals surface area contributed by atoms with Gasteiger partial charge < -0.3 is 4.84 Å². The summed E-state index contributed by atoms with van der Waals surface area (Å²) in [7, 11) is -2.55. The van der Waals surface area contributed by atoms with E-state index in [1.165, 1.54) is 59.9 Å². The molecule has 0 aliphatic carbocycles. The fourth-order valence-corrected chi connectivity index (χ4v) is 5.38. The lowest BCUT2D eigenvalue weighted by Gasteiger charge is -2.27. The van der Waals surface area contributed by atoms with Crippen molar-refractivity contribution in [3.63, 3.8) is 0 Å². The SMILES string of the molecule is CONC(=O)c1cccc(S(=O)(=O)N2CCC(=NOC(c3ccc(F)cc3)c3ccc(F)cc3)CC2)c1. The minimum atomic E-state index is -3.84. The van der Waals surface area contributed by atoms with E-state index in [0.29, 0.717) is 29.7 Å². The van der Waals surface area contributed by atoms with E-state index in [4.69, 9.17) is 4.84 Å². The molecule has 194 valence electrons. The first-order valence-electron chi connectivity index (χ1n) is 11.4. The van der Waals surface area contributed by atoms with Crippen molar-refractivity contribution in [3.8, 4) is 0 Å². The van der Waals surface area contributed by atoms with Gasteiger partial charge >= 0.3 is 0 Å². The van der Waals surface area contributed by atoms with Crippen molar-refractivity contribution in [2.24, 2.45) is 5.16 Å². The van der Waals surface area contributed by atoms with Crippen molar-refractivity contribution in [3.05, 3.63) is 101 Å². The highest BCUT2D eigenvalue weighted by atomic mass is 32.2. The number of carbonyl (C=O) groups is 1. The molecule has 0 spiro atoms. The van der Waals surface area contributed by atoms with Gasteiger partial charge in [0.15, 0.2) is 6.10 Å². The van der Waals surface area contributed by atoms with Crippen LogP contribution in [0.25, 0.3) is 0 Å². The van der Waals surface area contributed by atoms with Crippen LogP contribution in [0, 0.1) is 11.6 Å². The standard InChI is InChI=1S/C26H25F2N3O5S/c1-35-30-26(32)20-3-2-4-24(17-20)37(33,34)31-15-13-23(14-16-31)29-36-25(18-5-9-21(27)10-6-18)19-7-11-22(28)12-8-19/h2-12,17,25H,13-16H2,1H3,(H,30,32). The van der Waals surface area contributed by atoms with Crippen molar-refractivity contribution < 1.29 is 31.7 Å². The Morgan fingerprint density at radius 1 is 0.946 bits per heavy atom. The van der Waals surface area contributed by atoms with Gasteiger partial charge in [-0.25, -0.2) is 22.7 Å². The highest BCUT2D eigenvalue weighted by Gasteiger charge is 2.29. The minimum absolute atomic E-state index is 0.000533. The molecule has 1 N–H and O–H groups in total. The molecule has 0 saturated carbocycles. The first-order chi connectivity index (χ1) is 17.8. The molecule has 1 amide bonds. The summed E-state index contributed by atoms with van der Waals surface area (Å²) >= 11 is 0. The van der Waals surface area contributed by atoms with Crippen molar-refractivity contribution in [2.75, 3.05) is 20.2 Å². The van der Waals surface area contributed by atoms with Crippen LogP contribution in [0.15, 0.2) is 82.8 Å². The summed E-state index contributed by atoms with van der Waals surface area (Å²) in [6.45, 7) is 0.355. The predicted octanol–water partition coefficient (Wildman–Crippen LogP) is 4.20. The molecule has 3 aromatic rings. The Morgan fingerprint density at radius 2 is 1.51 bits per heavy atom. The van der Waals surface area contributed by atoms with Gasteiger partial charge in [-0.05, 0) is 53.6 Å². The normalized spacial score (nSPS) is 14.4. The first kappa shape index (κ1) is 26.4. The number of piperidine rings is 1. The maximum Gasteiger partial charge on any atom is 0.274 e. The summed E-state index contributed by atoms with van der Waals surface area (Å²) in [5, 5.41) is 4.27. The Bertz CT molecular complexity index is 1320. The molecular formula is C26H25F2N3O5S. The van der Waals surface area contributed by atoms with E-state index in [1.807, 2.05) is 0 Å². The number of carbonyl (C=O) groups excluding carboxylic acids is 1. The van der Waals surface area contributed by atoms with Crippen LogP contribution in [0.2, 0.25) is 0 Å². The van der Waals surface area contributed by atoms with Gasteiger partial charge in [0.1, 0.15) is 11.6 Å². The number of oxime groups is 1. The summed E-state index contributed by atoms with van der Waals surface area (Å²) in [4.78, 5) is 22.4. The van der Waals surface area contributed by atoms with Crippen LogP contribution in [-0.4, -0.2) is 44.5 Å². The van der Waals surface area contributed by atoms with E-state index in [1.54, 1.807) is 24.3 Å². The van der Waals surface area contributed by atoms with Crippen molar-refractivity contribution in [1.82, 2.24) is 9.79 Å². The molecular weight excluding hydrogens is 504 g/mol. The van der Waals surface area contributed by atoms with Crippen molar-refractivity contribution in [2.45, 2.75) is 23.8 Å². The van der Waals surface area contributed by atoms with E-state index in [2.05, 4.69) is 15.5 Å². The molecule has 0 radical (unpaired) electrons. The van der Waals surface area contributed by atoms with E-state index in [0.717, 1.165) is 0 Å². The number of rotatable bonds is 8. The van der Waals surface area contributed by atoms with E-state index < -0.39 is 33.7 Å². The first-order valence-corrected chi connectivity index (χ1v) is 12.9. The monoisotopic (exact) mass is 529 g/mol. The second-order valence-corrected chi connectivity index (χ2v) is 10.3. The average Bonchev–Trinajstić information content (AvgIpc) is 2.91. The van der Waals surface area contributed by atoms with Crippen LogP contribution in [-0.2, 0) is 19.7 Å². The zero-order valence-corrected chi connectivity index (χ0v) is 20.8. The highest BCUT2D eigenvalue weighted by Crippen LogP contribution is 2.28. The number of hydroxylamine groups is 1. The lowest BCUT2D eigenvalue weighted by atomic mass is 10.0. The number of amides is 1. The van der Waals surface area contributed by atoms with Crippen LogP contribution in [0.4, 0.5) is 8.78 Å². The zero-order chi connectivity index (χ0) is 26.4. The quantitative estimate of drug-likeness (QED) is 0.441. The Balaban J connectivity index is 1.46. The van der Waals surface area contributed by atoms with Crippen molar-refractivity contribution >= 4 is 21.6 Å². The molecule has 37 heavy (non-hydrogen) atoms. The third kappa shape index (κ3) is 6.37. The lowest BCUT2D eigenvalue weighted by Crippen LogP contribution is -2.38.